The van der Waals surface area contributed by atoms with Crippen LogP contribution in [-0.2, 0) is 4.74 Å². The second kappa shape index (κ2) is 5.49. The summed E-state index contributed by atoms with van der Waals surface area (Å²) in [7, 11) is 0. The van der Waals surface area contributed by atoms with Crippen molar-refractivity contribution in [2.45, 2.75) is 6.92 Å². The minimum absolute atomic E-state index is 0.0281. The highest BCUT2D eigenvalue weighted by molar-refractivity contribution is 14.1. The van der Waals surface area contributed by atoms with Gasteiger partial charge in [-0.25, -0.2) is 0 Å². The number of ether oxygens (including phenoxy) is 1. The molecule has 98 valence electrons. The Bertz CT molecular complexity index is 486. The maximum absolute atomic E-state index is 12.0. The summed E-state index contributed by atoms with van der Waals surface area (Å²) in [5.74, 6) is -0.194. The van der Waals surface area contributed by atoms with Crippen LogP contribution in [-0.4, -0.2) is 30.8 Å². The van der Waals surface area contributed by atoms with Crippen molar-refractivity contribution in [1.29, 1.82) is 0 Å². The first-order valence-electron chi connectivity index (χ1n) is 5.45. The molecule has 1 fully saturated rings. The molecule has 0 aromatic heterocycles. The Kier molecular flexibility index (Phi) is 4.37. The van der Waals surface area contributed by atoms with Gasteiger partial charge in [0.1, 0.15) is 5.75 Å². The van der Waals surface area contributed by atoms with E-state index in [4.69, 9.17) is 4.74 Å². The van der Waals surface area contributed by atoms with Crippen LogP contribution in [0.4, 0.5) is 0 Å². The molecule has 1 aromatic rings. The zero-order valence-corrected chi connectivity index (χ0v) is 14.1. The molecule has 2 N–H and O–H groups in total. The number of nitrogens with one attached hydrogen (secondary N) is 1. The lowest BCUT2D eigenvalue weighted by Crippen LogP contribution is -2.48. The van der Waals surface area contributed by atoms with E-state index in [1.807, 2.05) is 28.7 Å². The highest BCUT2D eigenvalue weighted by Crippen LogP contribution is 2.28. The number of aromatic hydroxyl groups is 1. The SMILES string of the molecule is CC1(CNC(=O)c2cc(I)cc(I)c2O)COC1. The van der Waals surface area contributed by atoms with Crippen LogP contribution < -0.4 is 5.32 Å². The monoisotopic (exact) mass is 473 g/mol. The van der Waals surface area contributed by atoms with Gasteiger partial charge in [0.25, 0.3) is 5.91 Å². The molecule has 1 saturated heterocycles. The molecule has 1 aliphatic rings. The highest BCUT2D eigenvalue weighted by atomic mass is 127. The van der Waals surface area contributed by atoms with Gasteiger partial charge < -0.3 is 15.2 Å². The molecular weight excluding hydrogens is 460 g/mol. The Labute approximate surface area is 133 Å². The molecule has 1 amide bonds. The Morgan fingerprint density at radius 2 is 2.17 bits per heavy atom. The van der Waals surface area contributed by atoms with Gasteiger partial charge in [0, 0.05) is 15.5 Å². The average molecular weight is 473 g/mol. The number of carbonyl (C=O) groups is 1. The molecule has 0 unspecified atom stereocenters. The summed E-state index contributed by atoms with van der Waals surface area (Å²) in [6.07, 6.45) is 0. The Hall–Kier alpha value is -0.0900. The summed E-state index contributed by atoms with van der Waals surface area (Å²) < 4.78 is 6.75. The van der Waals surface area contributed by atoms with Crippen LogP contribution in [0.25, 0.3) is 0 Å². The van der Waals surface area contributed by atoms with Crippen molar-refractivity contribution in [2.75, 3.05) is 19.8 Å². The molecule has 18 heavy (non-hydrogen) atoms. The largest absolute Gasteiger partial charge is 0.506 e. The van der Waals surface area contributed by atoms with Crippen LogP contribution in [0.3, 0.4) is 0 Å². The van der Waals surface area contributed by atoms with Gasteiger partial charge in [-0.05, 0) is 57.3 Å². The molecular formula is C12H13I2NO3. The molecule has 4 nitrogen and oxygen atoms in total. The van der Waals surface area contributed by atoms with E-state index in [0.717, 1.165) is 3.57 Å². The van der Waals surface area contributed by atoms with Crippen LogP contribution in [0.2, 0.25) is 0 Å². The van der Waals surface area contributed by atoms with E-state index in [9.17, 15) is 9.90 Å². The zero-order chi connectivity index (χ0) is 13.3. The average Bonchev–Trinajstić information content (AvgIpc) is 2.28. The molecule has 0 radical (unpaired) electrons. The van der Waals surface area contributed by atoms with Gasteiger partial charge in [0.15, 0.2) is 0 Å². The van der Waals surface area contributed by atoms with Gasteiger partial charge >= 0.3 is 0 Å². The molecule has 1 heterocycles. The Morgan fingerprint density at radius 3 is 2.72 bits per heavy atom. The van der Waals surface area contributed by atoms with Gasteiger partial charge in [-0.1, -0.05) is 6.92 Å². The summed E-state index contributed by atoms with van der Waals surface area (Å²) in [5.41, 5.74) is 0.357. The Balaban J connectivity index is 2.09. The molecule has 2 rings (SSSR count). The van der Waals surface area contributed by atoms with E-state index in [-0.39, 0.29) is 17.1 Å². The second-order valence-corrected chi connectivity index (χ2v) is 7.18. The highest BCUT2D eigenvalue weighted by Gasteiger charge is 2.33. The van der Waals surface area contributed by atoms with E-state index in [1.165, 1.54) is 0 Å². The standard InChI is InChI=1S/C12H13I2NO3/c1-12(5-18-6-12)4-15-11(17)8-2-7(13)3-9(14)10(8)16/h2-3,16H,4-6H2,1H3,(H,15,17). The summed E-state index contributed by atoms with van der Waals surface area (Å²) in [5, 5.41) is 12.7. The van der Waals surface area contributed by atoms with E-state index < -0.39 is 0 Å². The van der Waals surface area contributed by atoms with E-state index in [1.54, 1.807) is 6.07 Å². The summed E-state index contributed by atoms with van der Waals surface area (Å²) in [6, 6.07) is 3.52. The van der Waals surface area contributed by atoms with Crippen LogP contribution in [0.15, 0.2) is 12.1 Å². The van der Waals surface area contributed by atoms with Gasteiger partial charge in [-0.15, -0.1) is 0 Å². The van der Waals surface area contributed by atoms with Gasteiger partial charge in [-0.3, -0.25) is 4.79 Å². The summed E-state index contributed by atoms with van der Waals surface area (Å²) >= 11 is 4.15. The minimum Gasteiger partial charge on any atom is -0.506 e. The predicted molar refractivity (Wildman–Crippen MR) is 84.8 cm³/mol. The number of benzene rings is 1. The molecule has 0 bridgehead atoms. The lowest BCUT2D eigenvalue weighted by Gasteiger charge is -2.38. The van der Waals surface area contributed by atoms with Gasteiger partial charge in [0.05, 0.1) is 22.3 Å². The first-order valence-corrected chi connectivity index (χ1v) is 7.61. The number of rotatable bonds is 3. The number of hydrogen-bond acceptors (Lipinski definition) is 3. The van der Waals surface area contributed by atoms with Crippen LogP contribution in [0.5, 0.6) is 5.75 Å². The number of amides is 1. The first-order chi connectivity index (χ1) is 8.41. The normalized spacial score (nSPS) is 17.1. The Morgan fingerprint density at radius 1 is 1.50 bits per heavy atom. The van der Waals surface area contributed by atoms with Crippen LogP contribution in [0, 0.1) is 12.6 Å². The van der Waals surface area contributed by atoms with Crippen molar-refractivity contribution in [2.24, 2.45) is 5.41 Å². The fourth-order valence-corrected chi connectivity index (χ4v) is 3.53. The molecule has 0 atom stereocenters. The molecule has 1 aromatic carbocycles. The maximum Gasteiger partial charge on any atom is 0.255 e. The van der Waals surface area contributed by atoms with Gasteiger partial charge in [-0.2, -0.15) is 0 Å². The van der Waals surface area contributed by atoms with E-state index in [2.05, 4.69) is 34.8 Å². The molecule has 6 heteroatoms. The minimum atomic E-state index is -0.239. The third-order valence-electron chi connectivity index (χ3n) is 2.85. The lowest BCUT2D eigenvalue weighted by molar-refractivity contribution is -0.0978. The second-order valence-electron chi connectivity index (χ2n) is 4.77. The number of phenolic OH excluding ortho intramolecular Hbond substituents is 1. The lowest BCUT2D eigenvalue weighted by atomic mass is 9.88. The van der Waals surface area contributed by atoms with Crippen molar-refractivity contribution in [1.82, 2.24) is 5.32 Å². The van der Waals surface area contributed by atoms with E-state index in [0.29, 0.717) is 28.9 Å². The van der Waals surface area contributed by atoms with Crippen molar-refractivity contribution in [3.05, 3.63) is 24.8 Å². The quantitative estimate of drug-likeness (QED) is 0.664. The van der Waals surface area contributed by atoms with Gasteiger partial charge in [0.2, 0.25) is 0 Å². The fraction of sp³-hybridized carbons (Fsp3) is 0.417. The van der Waals surface area contributed by atoms with Crippen molar-refractivity contribution < 1.29 is 14.6 Å². The molecule has 0 spiro atoms. The molecule has 0 aliphatic carbocycles. The number of carbonyl (C=O) groups excluding carboxylic acids is 1. The van der Waals surface area contributed by atoms with Crippen molar-refractivity contribution in [3.8, 4) is 5.75 Å². The molecule has 1 aliphatic heterocycles. The number of phenols is 1. The van der Waals surface area contributed by atoms with Crippen LogP contribution in [0.1, 0.15) is 17.3 Å². The fourth-order valence-electron chi connectivity index (χ4n) is 1.68. The van der Waals surface area contributed by atoms with Crippen molar-refractivity contribution >= 4 is 51.1 Å². The topological polar surface area (TPSA) is 58.6 Å². The maximum atomic E-state index is 12.0. The number of hydrogen-bond donors (Lipinski definition) is 2. The zero-order valence-electron chi connectivity index (χ0n) is 9.80. The van der Waals surface area contributed by atoms with E-state index >= 15 is 0 Å². The predicted octanol–water partition coefficient (Wildman–Crippen LogP) is 2.37. The third-order valence-corrected chi connectivity index (χ3v) is 4.29. The van der Waals surface area contributed by atoms with Crippen molar-refractivity contribution in [3.63, 3.8) is 0 Å². The summed E-state index contributed by atoms with van der Waals surface area (Å²) in [6.45, 7) is 3.97. The number of halogens is 2. The molecule has 0 saturated carbocycles. The smallest absolute Gasteiger partial charge is 0.255 e. The van der Waals surface area contributed by atoms with Crippen LogP contribution >= 0.6 is 45.2 Å². The first kappa shape index (κ1) is 14.3. The summed E-state index contributed by atoms with van der Waals surface area (Å²) in [4.78, 5) is 12.0. The third kappa shape index (κ3) is 3.08.